The molecule has 0 radical (unpaired) electrons. The third-order valence-corrected chi connectivity index (χ3v) is 5.35. The van der Waals surface area contributed by atoms with Gasteiger partial charge < -0.3 is 10.6 Å². The number of nitrogens with one attached hydrogen (secondary N) is 3. The highest BCUT2D eigenvalue weighted by atomic mass is 32.2. The molecule has 2 heterocycles. The fraction of sp³-hybridized carbons (Fsp3) is 0.130. The molecule has 0 aliphatic heterocycles. The van der Waals surface area contributed by atoms with Gasteiger partial charge in [-0.25, -0.2) is 9.97 Å². The first-order chi connectivity index (χ1) is 15.0. The second kappa shape index (κ2) is 9.01. The van der Waals surface area contributed by atoms with Gasteiger partial charge in [-0.1, -0.05) is 24.3 Å². The molecule has 3 N–H and O–H groups in total. The highest BCUT2D eigenvalue weighted by molar-refractivity contribution is 7.99. The van der Waals surface area contributed by atoms with Crippen LogP contribution < -0.4 is 10.6 Å². The van der Waals surface area contributed by atoms with E-state index in [2.05, 4.69) is 44.9 Å². The van der Waals surface area contributed by atoms with Crippen LogP contribution in [0.15, 0.2) is 70.7 Å². The predicted molar refractivity (Wildman–Crippen MR) is 124 cm³/mol. The van der Waals surface area contributed by atoms with Crippen molar-refractivity contribution in [1.82, 2.24) is 20.2 Å². The van der Waals surface area contributed by atoms with Gasteiger partial charge in [0.1, 0.15) is 11.6 Å². The lowest BCUT2D eigenvalue weighted by Gasteiger charge is -2.11. The summed E-state index contributed by atoms with van der Waals surface area (Å²) in [6.45, 7) is 5.48. The molecule has 0 bridgehead atoms. The van der Waals surface area contributed by atoms with Gasteiger partial charge in [0.25, 0.3) is 0 Å². The van der Waals surface area contributed by atoms with Crippen LogP contribution >= 0.6 is 11.8 Å². The van der Waals surface area contributed by atoms with Crippen molar-refractivity contribution in [3.63, 3.8) is 0 Å². The van der Waals surface area contributed by atoms with E-state index in [1.54, 1.807) is 0 Å². The molecule has 156 valence electrons. The molecule has 4 rings (SSSR count). The van der Waals surface area contributed by atoms with Crippen LogP contribution in [0.4, 0.5) is 17.3 Å². The number of amides is 1. The average molecular weight is 431 g/mol. The monoisotopic (exact) mass is 430 g/mol. The van der Waals surface area contributed by atoms with Crippen LogP contribution in [0.25, 0.3) is 11.3 Å². The van der Waals surface area contributed by atoms with Gasteiger partial charge in [-0.3, -0.25) is 9.89 Å². The third kappa shape index (κ3) is 5.29. The fourth-order valence-electron chi connectivity index (χ4n) is 3.07. The van der Waals surface area contributed by atoms with Gasteiger partial charge in [-0.2, -0.15) is 5.10 Å². The standard InChI is InChI=1S/C23H22N6OS/c1-14-6-4-5-7-19(14)20-13-21(26-22-12-15(2)28-29-22)27-23(25-20)31-18-10-8-17(9-11-18)24-16(3)30/h4-13H,1-3H3,(H,24,30)(H2,25,26,27,28,29). The van der Waals surface area contributed by atoms with Gasteiger partial charge in [0, 0.05) is 35.2 Å². The van der Waals surface area contributed by atoms with Gasteiger partial charge in [-0.05, 0) is 55.4 Å². The second-order valence-corrected chi connectivity index (χ2v) is 8.13. The molecule has 0 saturated carbocycles. The van der Waals surface area contributed by atoms with Crippen molar-refractivity contribution in [1.29, 1.82) is 0 Å². The van der Waals surface area contributed by atoms with Gasteiger partial charge >= 0.3 is 0 Å². The first-order valence-corrected chi connectivity index (χ1v) is 10.6. The highest BCUT2D eigenvalue weighted by Crippen LogP contribution is 2.31. The molecule has 0 saturated heterocycles. The Balaban J connectivity index is 1.67. The zero-order chi connectivity index (χ0) is 21.8. The Morgan fingerprint density at radius 1 is 1.00 bits per heavy atom. The van der Waals surface area contributed by atoms with Crippen molar-refractivity contribution in [3.8, 4) is 11.3 Å². The van der Waals surface area contributed by atoms with E-state index in [0.29, 0.717) is 11.0 Å². The summed E-state index contributed by atoms with van der Waals surface area (Å²) in [7, 11) is 0. The van der Waals surface area contributed by atoms with E-state index in [1.807, 2.05) is 55.5 Å². The molecule has 0 aliphatic carbocycles. The van der Waals surface area contributed by atoms with Crippen LogP contribution in [0, 0.1) is 13.8 Å². The molecule has 2 aromatic heterocycles. The number of benzene rings is 2. The van der Waals surface area contributed by atoms with Crippen molar-refractivity contribution in [2.75, 3.05) is 10.6 Å². The number of carbonyl (C=O) groups excluding carboxylic acids is 1. The molecule has 7 nitrogen and oxygen atoms in total. The predicted octanol–water partition coefficient (Wildman–Crippen LogP) is 5.34. The second-order valence-electron chi connectivity index (χ2n) is 7.09. The average Bonchev–Trinajstić information content (AvgIpc) is 3.14. The Hall–Kier alpha value is -3.65. The molecule has 0 unspecified atom stereocenters. The van der Waals surface area contributed by atoms with Crippen LogP contribution in [0.5, 0.6) is 0 Å². The van der Waals surface area contributed by atoms with Crippen molar-refractivity contribution < 1.29 is 4.79 Å². The zero-order valence-corrected chi connectivity index (χ0v) is 18.2. The van der Waals surface area contributed by atoms with Gasteiger partial charge in [-0.15, -0.1) is 0 Å². The minimum atomic E-state index is -0.0978. The molecular formula is C23H22N6OS. The zero-order valence-electron chi connectivity index (χ0n) is 17.4. The molecule has 4 aromatic rings. The smallest absolute Gasteiger partial charge is 0.221 e. The molecule has 0 aliphatic rings. The van der Waals surface area contributed by atoms with Crippen LogP contribution in [0.1, 0.15) is 18.2 Å². The number of hydrogen-bond donors (Lipinski definition) is 3. The number of nitrogens with zero attached hydrogens (tertiary/aromatic N) is 3. The molecular weight excluding hydrogens is 408 g/mol. The number of aryl methyl sites for hydroxylation is 2. The molecule has 8 heteroatoms. The number of aromatic nitrogens is 4. The minimum absolute atomic E-state index is 0.0978. The topological polar surface area (TPSA) is 95.6 Å². The van der Waals surface area contributed by atoms with E-state index < -0.39 is 0 Å². The summed E-state index contributed by atoms with van der Waals surface area (Å²) < 4.78 is 0. The van der Waals surface area contributed by atoms with Gasteiger partial charge in [0.15, 0.2) is 5.16 Å². The molecule has 2 aromatic carbocycles. The van der Waals surface area contributed by atoms with Gasteiger partial charge in [0.05, 0.1) is 11.4 Å². The van der Waals surface area contributed by atoms with Crippen molar-refractivity contribution in [2.24, 2.45) is 0 Å². The lowest BCUT2D eigenvalue weighted by atomic mass is 10.1. The summed E-state index contributed by atoms with van der Waals surface area (Å²) in [4.78, 5) is 21.7. The van der Waals surface area contributed by atoms with Crippen LogP contribution in [0.2, 0.25) is 0 Å². The Morgan fingerprint density at radius 3 is 2.45 bits per heavy atom. The fourth-order valence-corrected chi connectivity index (χ4v) is 3.84. The SMILES string of the molecule is CC(=O)Nc1ccc(Sc2nc(Nc3cc(C)n[nH]3)cc(-c3ccccc3C)n2)cc1. The molecule has 0 spiro atoms. The van der Waals surface area contributed by atoms with Crippen LogP contribution in [0.3, 0.4) is 0 Å². The Kier molecular flexibility index (Phi) is 5.99. The summed E-state index contributed by atoms with van der Waals surface area (Å²) in [5.74, 6) is 1.34. The molecule has 1 amide bonds. The van der Waals surface area contributed by atoms with E-state index in [1.165, 1.54) is 18.7 Å². The summed E-state index contributed by atoms with van der Waals surface area (Å²) in [5, 5.41) is 13.8. The third-order valence-electron chi connectivity index (χ3n) is 4.48. The number of aromatic amines is 1. The maximum absolute atomic E-state index is 11.2. The Morgan fingerprint density at radius 2 is 1.77 bits per heavy atom. The summed E-state index contributed by atoms with van der Waals surface area (Å²) in [5.41, 5.74) is 4.67. The summed E-state index contributed by atoms with van der Waals surface area (Å²) >= 11 is 1.46. The largest absolute Gasteiger partial charge is 0.326 e. The van der Waals surface area contributed by atoms with E-state index in [9.17, 15) is 4.79 Å². The normalized spacial score (nSPS) is 10.7. The van der Waals surface area contributed by atoms with Gasteiger partial charge in [0.2, 0.25) is 5.91 Å². The molecule has 31 heavy (non-hydrogen) atoms. The van der Waals surface area contributed by atoms with E-state index in [4.69, 9.17) is 4.98 Å². The number of rotatable bonds is 6. The quantitative estimate of drug-likeness (QED) is 0.358. The lowest BCUT2D eigenvalue weighted by molar-refractivity contribution is -0.114. The molecule has 0 fully saturated rings. The number of carbonyl (C=O) groups is 1. The highest BCUT2D eigenvalue weighted by Gasteiger charge is 2.11. The van der Waals surface area contributed by atoms with Crippen LogP contribution in [-0.2, 0) is 4.79 Å². The van der Waals surface area contributed by atoms with E-state index in [-0.39, 0.29) is 5.91 Å². The Labute approximate surface area is 184 Å². The number of H-pyrrole nitrogens is 1. The first-order valence-electron chi connectivity index (χ1n) is 9.76. The first kappa shape index (κ1) is 20.6. The van der Waals surface area contributed by atoms with E-state index >= 15 is 0 Å². The van der Waals surface area contributed by atoms with Crippen molar-refractivity contribution in [3.05, 3.63) is 71.9 Å². The van der Waals surface area contributed by atoms with Crippen molar-refractivity contribution >= 4 is 35.0 Å². The minimum Gasteiger partial charge on any atom is -0.326 e. The number of hydrogen-bond acceptors (Lipinski definition) is 6. The maximum atomic E-state index is 11.2. The van der Waals surface area contributed by atoms with E-state index in [0.717, 1.165) is 38.9 Å². The summed E-state index contributed by atoms with van der Waals surface area (Å²) in [6, 6.07) is 19.6. The van der Waals surface area contributed by atoms with Crippen molar-refractivity contribution in [2.45, 2.75) is 30.8 Å². The van der Waals surface area contributed by atoms with Crippen LogP contribution in [-0.4, -0.2) is 26.1 Å². The number of anilines is 3. The lowest BCUT2D eigenvalue weighted by Crippen LogP contribution is -2.05. The molecule has 0 atom stereocenters. The Bertz CT molecular complexity index is 1220. The summed E-state index contributed by atoms with van der Waals surface area (Å²) in [6.07, 6.45) is 0. The maximum Gasteiger partial charge on any atom is 0.221 e.